The molecule has 3 fully saturated rings. The van der Waals surface area contributed by atoms with Crippen LogP contribution in [0.5, 0.6) is 0 Å². The minimum atomic E-state index is -4.84. The number of carbonyl (C=O) groups excluding carboxylic acids is 2. The minimum absolute atomic E-state index is 0.0496. The molecule has 8 nitrogen and oxygen atoms in total. The molecule has 1 aromatic carbocycles. The number of piperazine rings is 1. The zero-order valence-electron chi connectivity index (χ0n) is 14.3. The average molecular weight is 414 g/mol. The lowest BCUT2D eigenvalue weighted by molar-refractivity contribution is -0.137. The maximum atomic E-state index is 13.2. The normalized spacial score (nSPS) is 27.5. The maximum Gasteiger partial charge on any atom is 0.417 e. The van der Waals surface area contributed by atoms with Crippen molar-refractivity contribution in [1.82, 2.24) is 9.21 Å². The van der Waals surface area contributed by atoms with Crippen molar-refractivity contribution in [2.45, 2.75) is 30.7 Å². The van der Waals surface area contributed by atoms with Gasteiger partial charge in [0.15, 0.2) is 0 Å². The predicted molar refractivity (Wildman–Crippen MR) is 88.4 cm³/mol. The smallest absolute Gasteiger partial charge is 0.306 e. The molecule has 0 N–H and O–H groups in total. The number of urea groups is 1. The third-order valence-electron chi connectivity index (χ3n) is 5.33. The number of alkyl halides is 3. The zero-order valence-corrected chi connectivity index (χ0v) is 15.2. The van der Waals surface area contributed by atoms with E-state index in [1.54, 1.807) is 0 Å². The SMILES string of the molecule is CS(=O)(=O)N1C[C@H]2CC1[C@@H]1C(=O)N(c3ccc(C#N)c(C(F)(F)F)c3)C(=O)N21. The summed E-state index contributed by atoms with van der Waals surface area (Å²) in [6.45, 7) is 0.0496. The van der Waals surface area contributed by atoms with Crippen LogP contribution in [0.2, 0.25) is 0 Å². The number of anilines is 1. The number of fused-ring (bicyclic) bond motifs is 5. The Bertz CT molecular complexity index is 1050. The monoisotopic (exact) mass is 414 g/mol. The first-order chi connectivity index (χ1) is 12.9. The molecule has 1 unspecified atom stereocenters. The minimum Gasteiger partial charge on any atom is -0.306 e. The molecule has 0 aliphatic carbocycles. The van der Waals surface area contributed by atoms with Crippen LogP contribution in [0.15, 0.2) is 18.2 Å². The van der Waals surface area contributed by atoms with Crippen LogP contribution in [-0.2, 0) is 21.0 Å². The van der Waals surface area contributed by atoms with E-state index in [0.717, 1.165) is 22.7 Å². The van der Waals surface area contributed by atoms with Gasteiger partial charge in [0.05, 0.1) is 35.2 Å². The van der Waals surface area contributed by atoms with E-state index in [4.69, 9.17) is 5.26 Å². The van der Waals surface area contributed by atoms with Crippen molar-refractivity contribution in [3.8, 4) is 6.07 Å². The summed E-state index contributed by atoms with van der Waals surface area (Å²) >= 11 is 0. The average Bonchev–Trinajstić information content (AvgIpc) is 3.25. The van der Waals surface area contributed by atoms with Crippen LogP contribution in [0.25, 0.3) is 0 Å². The van der Waals surface area contributed by atoms with Crippen molar-refractivity contribution in [3.05, 3.63) is 29.3 Å². The molecule has 2 bridgehead atoms. The number of imide groups is 1. The number of rotatable bonds is 2. The van der Waals surface area contributed by atoms with Crippen molar-refractivity contribution in [2.75, 3.05) is 17.7 Å². The standard InChI is InChI=1S/C16H13F3N4O4S/c1-28(26,27)21-7-10-5-12(21)13-14(24)23(15(25)22(10)13)9-3-2-8(6-20)11(4-9)16(17,18)19/h2-4,10,12-13H,5,7H2,1H3/t10-,12?,13-/m1/s1. The summed E-state index contributed by atoms with van der Waals surface area (Å²) in [5.74, 6) is -0.774. The van der Waals surface area contributed by atoms with Crippen molar-refractivity contribution >= 4 is 27.6 Å². The van der Waals surface area contributed by atoms with Gasteiger partial charge in [-0.2, -0.15) is 22.7 Å². The lowest BCUT2D eigenvalue weighted by Gasteiger charge is -2.33. The molecule has 0 spiro atoms. The number of nitriles is 1. The quantitative estimate of drug-likeness (QED) is 0.676. The molecule has 3 aliphatic rings. The molecule has 28 heavy (non-hydrogen) atoms. The summed E-state index contributed by atoms with van der Waals surface area (Å²) in [6, 6.07) is 0.938. The van der Waals surface area contributed by atoms with Gasteiger partial charge < -0.3 is 4.90 Å². The predicted octanol–water partition coefficient (Wildman–Crippen LogP) is 1.13. The van der Waals surface area contributed by atoms with Crippen molar-refractivity contribution in [2.24, 2.45) is 0 Å². The lowest BCUT2D eigenvalue weighted by Crippen LogP contribution is -2.54. The highest BCUT2D eigenvalue weighted by Crippen LogP contribution is 2.44. The van der Waals surface area contributed by atoms with Crippen LogP contribution in [-0.4, -0.2) is 60.5 Å². The topological polar surface area (TPSA) is 102 Å². The first-order valence-electron chi connectivity index (χ1n) is 8.19. The van der Waals surface area contributed by atoms with Crippen molar-refractivity contribution in [1.29, 1.82) is 5.26 Å². The molecule has 1 aromatic rings. The van der Waals surface area contributed by atoms with Gasteiger partial charge in [-0.3, -0.25) is 4.79 Å². The van der Waals surface area contributed by atoms with Gasteiger partial charge in [-0.25, -0.2) is 18.1 Å². The summed E-state index contributed by atoms with van der Waals surface area (Å²) < 4.78 is 64.7. The summed E-state index contributed by atoms with van der Waals surface area (Å²) in [7, 11) is -3.59. The van der Waals surface area contributed by atoms with E-state index in [-0.39, 0.29) is 12.2 Å². The zero-order chi connectivity index (χ0) is 20.6. The third-order valence-corrected chi connectivity index (χ3v) is 6.60. The third kappa shape index (κ3) is 2.50. The summed E-state index contributed by atoms with van der Waals surface area (Å²) in [6.07, 6.45) is -3.52. The fourth-order valence-corrected chi connectivity index (χ4v) is 5.37. The Morgan fingerprint density at radius 3 is 2.50 bits per heavy atom. The number of benzene rings is 1. The van der Waals surface area contributed by atoms with Crippen LogP contribution in [0.1, 0.15) is 17.5 Å². The molecule has 3 aliphatic heterocycles. The molecule has 12 heteroatoms. The Morgan fingerprint density at radius 1 is 1.25 bits per heavy atom. The maximum absolute atomic E-state index is 13.2. The number of halogens is 3. The molecule has 0 saturated carbocycles. The van der Waals surface area contributed by atoms with Gasteiger partial charge in [-0.05, 0) is 24.6 Å². The molecule has 3 saturated heterocycles. The van der Waals surface area contributed by atoms with Gasteiger partial charge in [-0.1, -0.05) is 0 Å². The van der Waals surface area contributed by atoms with E-state index in [2.05, 4.69) is 0 Å². The van der Waals surface area contributed by atoms with Gasteiger partial charge in [0.25, 0.3) is 5.91 Å². The Morgan fingerprint density at radius 2 is 1.93 bits per heavy atom. The number of sulfonamides is 1. The Hall–Kier alpha value is -2.65. The van der Waals surface area contributed by atoms with E-state index in [9.17, 15) is 31.2 Å². The second-order valence-electron chi connectivity index (χ2n) is 6.94. The van der Waals surface area contributed by atoms with Crippen LogP contribution in [0, 0.1) is 11.3 Å². The van der Waals surface area contributed by atoms with Gasteiger partial charge in [0, 0.05) is 12.6 Å². The fraction of sp³-hybridized carbons (Fsp3) is 0.438. The summed E-state index contributed by atoms with van der Waals surface area (Å²) in [5.41, 5.74) is -2.18. The number of nitrogens with zero attached hydrogens (tertiary/aromatic N) is 4. The number of hydrogen-bond donors (Lipinski definition) is 0. The van der Waals surface area contributed by atoms with Gasteiger partial charge >= 0.3 is 12.2 Å². The largest absolute Gasteiger partial charge is 0.417 e. The molecule has 148 valence electrons. The van der Waals surface area contributed by atoms with Gasteiger partial charge in [-0.15, -0.1) is 0 Å². The first-order valence-corrected chi connectivity index (χ1v) is 10.0. The summed E-state index contributed by atoms with van der Waals surface area (Å²) in [5, 5.41) is 8.89. The van der Waals surface area contributed by atoms with E-state index in [1.807, 2.05) is 0 Å². The number of carbonyl (C=O) groups is 2. The highest BCUT2D eigenvalue weighted by atomic mass is 32.2. The number of hydrogen-bond acceptors (Lipinski definition) is 5. The van der Waals surface area contributed by atoms with Crippen LogP contribution < -0.4 is 4.90 Å². The van der Waals surface area contributed by atoms with Crippen LogP contribution in [0.4, 0.5) is 23.7 Å². The highest BCUT2D eigenvalue weighted by Gasteiger charge is 2.63. The van der Waals surface area contributed by atoms with E-state index in [0.29, 0.717) is 17.4 Å². The van der Waals surface area contributed by atoms with Crippen molar-refractivity contribution in [3.63, 3.8) is 0 Å². The molecule has 3 amide bonds. The van der Waals surface area contributed by atoms with Crippen LogP contribution in [0.3, 0.4) is 0 Å². The van der Waals surface area contributed by atoms with Crippen LogP contribution >= 0.6 is 0 Å². The van der Waals surface area contributed by atoms with E-state index in [1.165, 1.54) is 11.0 Å². The second-order valence-corrected chi connectivity index (χ2v) is 8.87. The Balaban J connectivity index is 1.74. The Kier molecular flexibility index (Phi) is 3.79. The number of amides is 3. The van der Waals surface area contributed by atoms with Gasteiger partial charge in [0.1, 0.15) is 6.04 Å². The second kappa shape index (κ2) is 5.68. The molecule has 3 heterocycles. The summed E-state index contributed by atoms with van der Waals surface area (Å²) in [4.78, 5) is 27.5. The first kappa shape index (κ1) is 18.7. The molecular weight excluding hydrogens is 401 g/mol. The molecule has 3 atom stereocenters. The van der Waals surface area contributed by atoms with E-state index < -0.39 is 57.4 Å². The highest BCUT2D eigenvalue weighted by molar-refractivity contribution is 7.88. The Labute approximate surface area is 157 Å². The molecular formula is C16H13F3N4O4S. The van der Waals surface area contributed by atoms with E-state index >= 15 is 0 Å². The fourth-order valence-electron chi connectivity index (χ4n) is 4.24. The molecule has 0 aromatic heterocycles. The lowest BCUT2D eigenvalue weighted by atomic mass is 10.1. The van der Waals surface area contributed by atoms with Gasteiger partial charge in [0.2, 0.25) is 10.0 Å². The molecule has 4 rings (SSSR count). The molecule has 0 radical (unpaired) electrons. The van der Waals surface area contributed by atoms with Crippen molar-refractivity contribution < 1.29 is 31.2 Å².